The number of rotatable bonds is 10. The van der Waals surface area contributed by atoms with E-state index in [1.807, 2.05) is 36.4 Å². The Morgan fingerprint density at radius 2 is 0.914 bits per heavy atom. The molecule has 0 saturated heterocycles. The smallest absolute Gasteiger partial charge is 0.130 e. The highest BCUT2D eigenvalue weighted by molar-refractivity contribution is 5.44. The molecule has 0 unspecified atom stereocenters. The molecule has 3 heteroatoms. The van der Waals surface area contributed by atoms with Gasteiger partial charge in [0.2, 0.25) is 0 Å². The molecule has 0 N–H and O–H groups in total. The molecule has 4 aromatic rings. The molecule has 0 amide bonds. The van der Waals surface area contributed by atoms with Gasteiger partial charge in [0, 0.05) is 12.8 Å². The highest BCUT2D eigenvalue weighted by atomic mass is 16.5. The van der Waals surface area contributed by atoms with Crippen LogP contribution in [0.1, 0.15) is 33.4 Å². The summed E-state index contributed by atoms with van der Waals surface area (Å²) < 4.78 is 18.6. The Kier molecular flexibility index (Phi) is 8.10. The lowest BCUT2D eigenvalue weighted by Crippen LogP contribution is -2.06. The van der Waals surface area contributed by atoms with Crippen LogP contribution >= 0.6 is 0 Å². The Bertz CT molecular complexity index is 1180. The summed E-state index contributed by atoms with van der Waals surface area (Å²) in [5.41, 5.74) is 6.98. The first kappa shape index (κ1) is 24.4. The third-order valence-electron chi connectivity index (χ3n) is 6.10. The van der Waals surface area contributed by atoms with Gasteiger partial charge in [0.25, 0.3) is 0 Å². The van der Waals surface area contributed by atoms with Gasteiger partial charge in [-0.15, -0.1) is 0 Å². The standard InChI is InChI=1S/C32H34O3/c1-23-13-15-31(27(21-23)17-19-33-29-11-7-5-9-25(29)3)35-32-16-14-24(2)22-28(32)18-20-34-30-12-8-6-10-26(30)4/h5-16,21-22H,17-20H2,1-4H3. The van der Waals surface area contributed by atoms with E-state index in [1.165, 1.54) is 11.1 Å². The Morgan fingerprint density at radius 1 is 0.486 bits per heavy atom. The second-order valence-electron chi connectivity index (χ2n) is 9.05. The van der Waals surface area contributed by atoms with Crippen molar-refractivity contribution >= 4 is 0 Å². The quantitative estimate of drug-likeness (QED) is 0.237. The van der Waals surface area contributed by atoms with Crippen molar-refractivity contribution < 1.29 is 14.2 Å². The predicted octanol–water partition coefficient (Wildman–Crippen LogP) is 7.96. The van der Waals surface area contributed by atoms with Gasteiger partial charge in [0.05, 0.1) is 13.2 Å². The Balaban J connectivity index is 1.46. The fourth-order valence-corrected chi connectivity index (χ4v) is 4.10. The maximum absolute atomic E-state index is 6.49. The lowest BCUT2D eigenvalue weighted by atomic mass is 10.1. The first-order chi connectivity index (χ1) is 17.0. The third-order valence-corrected chi connectivity index (χ3v) is 6.10. The molecule has 4 aromatic carbocycles. The van der Waals surface area contributed by atoms with E-state index < -0.39 is 0 Å². The molecule has 3 nitrogen and oxygen atoms in total. The summed E-state index contributed by atoms with van der Waals surface area (Å²) >= 11 is 0. The molecule has 4 rings (SSSR count). The van der Waals surface area contributed by atoms with Gasteiger partial charge in [0.1, 0.15) is 23.0 Å². The summed E-state index contributed by atoms with van der Waals surface area (Å²) in [7, 11) is 0. The first-order valence-corrected chi connectivity index (χ1v) is 12.2. The van der Waals surface area contributed by atoms with Crippen molar-refractivity contribution in [3.8, 4) is 23.0 Å². The average molecular weight is 467 g/mol. The molecule has 0 spiro atoms. The second-order valence-corrected chi connectivity index (χ2v) is 9.05. The number of hydrogen-bond acceptors (Lipinski definition) is 3. The summed E-state index contributed by atoms with van der Waals surface area (Å²) in [5, 5.41) is 0. The van der Waals surface area contributed by atoms with Crippen LogP contribution in [0.3, 0.4) is 0 Å². The highest BCUT2D eigenvalue weighted by Crippen LogP contribution is 2.31. The van der Waals surface area contributed by atoms with E-state index >= 15 is 0 Å². The normalized spacial score (nSPS) is 10.7. The van der Waals surface area contributed by atoms with Gasteiger partial charge in [-0.1, -0.05) is 71.8 Å². The fourth-order valence-electron chi connectivity index (χ4n) is 4.10. The largest absolute Gasteiger partial charge is 0.493 e. The van der Waals surface area contributed by atoms with Crippen LogP contribution in [0.4, 0.5) is 0 Å². The number of ether oxygens (including phenoxy) is 3. The minimum absolute atomic E-state index is 0.593. The van der Waals surface area contributed by atoms with Gasteiger partial charge in [-0.25, -0.2) is 0 Å². The molecule has 0 aliphatic heterocycles. The molecule has 0 atom stereocenters. The van der Waals surface area contributed by atoms with Crippen LogP contribution in [-0.4, -0.2) is 13.2 Å². The zero-order valence-corrected chi connectivity index (χ0v) is 21.1. The van der Waals surface area contributed by atoms with Crippen LogP contribution in [0, 0.1) is 27.7 Å². The molecule has 35 heavy (non-hydrogen) atoms. The van der Waals surface area contributed by atoms with Crippen LogP contribution in [0.25, 0.3) is 0 Å². The van der Waals surface area contributed by atoms with Crippen molar-refractivity contribution in [2.45, 2.75) is 40.5 Å². The number of benzene rings is 4. The molecule has 0 heterocycles. The van der Waals surface area contributed by atoms with Crippen molar-refractivity contribution in [1.82, 2.24) is 0 Å². The van der Waals surface area contributed by atoms with Crippen molar-refractivity contribution in [1.29, 1.82) is 0 Å². The van der Waals surface area contributed by atoms with Crippen molar-refractivity contribution in [2.75, 3.05) is 13.2 Å². The Hall–Kier alpha value is -3.72. The maximum Gasteiger partial charge on any atom is 0.130 e. The molecular formula is C32H34O3. The maximum atomic E-state index is 6.49. The topological polar surface area (TPSA) is 27.7 Å². The molecule has 180 valence electrons. The summed E-state index contributed by atoms with van der Waals surface area (Å²) in [5.74, 6) is 3.59. The average Bonchev–Trinajstić information content (AvgIpc) is 2.84. The molecular weight excluding hydrogens is 432 g/mol. The molecule has 0 aliphatic carbocycles. The van der Waals surface area contributed by atoms with E-state index in [1.54, 1.807) is 0 Å². The first-order valence-electron chi connectivity index (χ1n) is 12.2. The van der Waals surface area contributed by atoms with Gasteiger partial charge >= 0.3 is 0 Å². The van der Waals surface area contributed by atoms with Gasteiger partial charge in [-0.3, -0.25) is 0 Å². The van der Waals surface area contributed by atoms with Crippen molar-refractivity contribution in [3.63, 3.8) is 0 Å². The van der Waals surface area contributed by atoms with E-state index in [2.05, 4.69) is 76.2 Å². The van der Waals surface area contributed by atoms with E-state index in [9.17, 15) is 0 Å². The molecule has 0 saturated carbocycles. The molecule has 0 aromatic heterocycles. The van der Waals surface area contributed by atoms with Gasteiger partial charge in [-0.05, 0) is 74.2 Å². The second kappa shape index (κ2) is 11.6. The van der Waals surface area contributed by atoms with Gasteiger partial charge in [-0.2, -0.15) is 0 Å². The molecule has 0 fully saturated rings. The van der Waals surface area contributed by atoms with E-state index in [0.29, 0.717) is 13.2 Å². The van der Waals surface area contributed by atoms with Crippen LogP contribution in [0.2, 0.25) is 0 Å². The number of para-hydroxylation sites is 2. The van der Waals surface area contributed by atoms with Crippen LogP contribution in [0.15, 0.2) is 84.9 Å². The zero-order valence-electron chi connectivity index (χ0n) is 21.1. The lowest BCUT2D eigenvalue weighted by molar-refractivity contribution is 0.315. The fraction of sp³-hybridized carbons (Fsp3) is 0.250. The summed E-state index contributed by atoms with van der Waals surface area (Å²) in [4.78, 5) is 0. The highest BCUT2D eigenvalue weighted by Gasteiger charge is 2.11. The minimum atomic E-state index is 0.593. The Morgan fingerprint density at radius 3 is 1.34 bits per heavy atom. The molecule has 0 radical (unpaired) electrons. The lowest BCUT2D eigenvalue weighted by Gasteiger charge is -2.17. The summed E-state index contributed by atoms with van der Waals surface area (Å²) in [6.07, 6.45) is 1.53. The molecule has 0 aliphatic rings. The van der Waals surface area contributed by atoms with E-state index in [0.717, 1.165) is 58.1 Å². The van der Waals surface area contributed by atoms with Gasteiger partial charge < -0.3 is 14.2 Å². The number of hydrogen-bond donors (Lipinski definition) is 0. The minimum Gasteiger partial charge on any atom is -0.493 e. The van der Waals surface area contributed by atoms with Crippen molar-refractivity contribution in [3.05, 3.63) is 118 Å². The monoisotopic (exact) mass is 466 g/mol. The third kappa shape index (κ3) is 6.66. The van der Waals surface area contributed by atoms with E-state index in [-0.39, 0.29) is 0 Å². The SMILES string of the molecule is Cc1ccc(Oc2ccc(C)cc2CCOc2ccccc2C)c(CCOc2ccccc2C)c1. The predicted molar refractivity (Wildman–Crippen MR) is 143 cm³/mol. The van der Waals surface area contributed by atoms with Crippen LogP contribution in [0.5, 0.6) is 23.0 Å². The zero-order chi connectivity index (χ0) is 24.6. The van der Waals surface area contributed by atoms with Crippen LogP contribution < -0.4 is 14.2 Å². The summed E-state index contributed by atoms with van der Waals surface area (Å²) in [6, 6.07) is 28.9. The summed E-state index contributed by atoms with van der Waals surface area (Å²) in [6.45, 7) is 9.54. The van der Waals surface area contributed by atoms with Gasteiger partial charge in [0.15, 0.2) is 0 Å². The molecule has 0 bridgehead atoms. The van der Waals surface area contributed by atoms with Crippen LogP contribution in [-0.2, 0) is 12.8 Å². The number of aryl methyl sites for hydroxylation is 4. The van der Waals surface area contributed by atoms with E-state index in [4.69, 9.17) is 14.2 Å². The Labute approximate surface area is 209 Å². The van der Waals surface area contributed by atoms with Crippen molar-refractivity contribution in [2.24, 2.45) is 0 Å².